The van der Waals surface area contributed by atoms with Crippen LogP contribution in [0.2, 0.25) is 0 Å². The first-order chi connectivity index (χ1) is 8.58. The number of carbonyl (C=O) groups is 2. The van der Waals surface area contributed by atoms with Crippen molar-refractivity contribution in [1.82, 2.24) is 5.32 Å². The highest BCUT2D eigenvalue weighted by atomic mass is 16.4. The summed E-state index contributed by atoms with van der Waals surface area (Å²) in [6.45, 7) is 4.18. The molecule has 0 aromatic heterocycles. The fourth-order valence-electron chi connectivity index (χ4n) is 2.76. The third-order valence-electron chi connectivity index (χ3n) is 3.77. The summed E-state index contributed by atoms with van der Waals surface area (Å²) in [5.41, 5.74) is 0. The topological polar surface area (TPSA) is 66.4 Å². The van der Waals surface area contributed by atoms with Crippen molar-refractivity contribution in [3.05, 3.63) is 0 Å². The average Bonchev–Trinajstić information content (AvgIpc) is 2.77. The van der Waals surface area contributed by atoms with Gasteiger partial charge in [0, 0.05) is 12.0 Å². The van der Waals surface area contributed by atoms with Crippen molar-refractivity contribution in [1.29, 1.82) is 0 Å². The molecule has 1 rings (SSSR count). The van der Waals surface area contributed by atoms with Gasteiger partial charge in [0.25, 0.3) is 0 Å². The van der Waals surface area contributed by atoms with E-state index in [4.69, 9.17) is 5.11 Å². The van der Waals surface area contributed by atoms with Crippen molar-refractivity contribution < 1.29 is 14.7 Å². The molecule has 104 valence electrons. The Bertz CT molecular complexity index is 285. The Labute approximate surface area is 109 Å². The Morgan fingerprint density at radius 1 is 1.22 bits per heavy atom. The van der Waals surface area contributed by atoms with Crippen LogP contribution in [0.25, 0.3) is 0 Å². The summed E-state index contributed by atoms with van der Waals surface area (Å²) in [6.07, 6.45) is 5.96. The second-order valence-corrected chi connectivity index (χ2v) is 5.33. The lowest BCUT2D eigenvalue weighted by molar-refractivity contribution is -0.141. The lowest BCUT2D eigenvalue weighted by atomic mass is 9.97. The first-order valence-electron chi connectivity index (χ1n) is 7.11. The third-order valence-corrected chi connectivity index (χ3v) is 3.77. The van der Waals surface area contributed by atoms with Gasteiger partial charge in [0.1, 0.15) is 0 Å². The largest absolute Gasteiger partial charge is 0.481 e. The Balaban J connectivity index is 2.41. The Kier molecular flexibility index (Phi) is 6.16. The van der Waals surface area contributed by atoms with Gasteiger partial charge in [-0.1, -0.05) is 26.7 Å². The van der Waals surface area contributed by atoms with Crippen molar-refractivity contribution >= 4 is 11.9 Å². The van der Waals surface area contributed by atoms with Crippen LogP contribution in [0.4, 0.5) is 0 Å². The highest BCUT2D eigenvalue weighted by Crippen LogP contribution is 2.26. The van der Waals surface area contributed by atoms with Crippen molar-refractivity contribution in [2.75, 3.05) is 0 Å². The van der Waals surface area contributed by atoms with E-state index in [0.29, 0.717) is 12.8 Å². The molecule has 0 heterocycles. The second kappa shape index (κ2) is 7.39. The SMILES string of the molecule is CCCC(CCC)C(=O)N[C@H]1CC[C@@H](C(=O)O)C1. The van der Waals surface area contributed by atoms with E-state index in [1.807, 2.05) is 0 Å². The predicted octanol–water partition coefficient (Wildman–Crippen LogP) is 2.57. The van der Waals surface area contributed by atoms with Gasteiger partial charge in [0.2, 0.25) is 5.91 Å². The second-order valence-electron chi connectivity index (χ2n) is 5.33. The zero-order valence-electron chi connectivity index (χ0n) is 11.4. The fraction of sp³-hybridized carbons (Fsp3) is 0.857. The van der Waals surface area contributed by atoms with Crippen LogP contribution in [0.15, 0.2) is 0 Å². The number of amides is 1. The summed E-state index contributed by atoms with van der Waals surface area (Å²) >= 11 is 0. The lowest BCUT2D eigenvalue weighted by Crippen LogP contribution is -2.37. The van der Waals surface area contributed by atoms with Gasteiger partial charge in [-0.15, -0.1) is 0 Å². The zero-order valence-corrected chi connectivity index (χ0v) is 11.4. The molecule has 0 aromatic rings. The number of rotatable bonds is 7. The maximum Gasteiger partial charge on any atom is 0.306 e. The van der Waals surface area contributed by atoms with Crippen LogP contribution in [0.3, 0.4) is 0 Å². The molecule has 2 atom stereocenters. The molecule has 0 aromatic carbocycles. The smallest absolute Gasteiger partial charge is 0.306 e. The zero-order chi connectivity index (χ0) is 13.5. The maximum absolute atomic E-state index is 12.1. The van der Waals surface area contributed by atoms with Gasteiger partial charge < -0.3 is 10.4 Å². The Hall–Kier alpha value is -1.06. The summed E-state index contributed by atoms with van der Waals surface area (Å²) in [4.78, 5) is 23.0. The summed E-state index contributed by atoms with van der Waals surface area (Å²) in [7, 11) is 0. The molecule has 1 amide bonds. The van der Waals surface area contributed by atoms with Gasteiger partial charge in [-0.2, -0.15) is 0 Å². The molecule has 4 heteroatoms. The third kappa shape index (κ3) is 4.31. The molecule has 1 aliphatic rings. The molecule has 1 aliphatic carbocycles. The summed E-state index contributed by atoms with van der Waals surface area (Å²) in [6, 6.07) is 0.0646. The molecule has 0 aliphatic heterocycles. The van der Waals surface area contributed by atoms with Crippen molar-refractivity contribution in [3.8, 4) is 0 Å². The molecule has 2 N–H and O–H groups in total. The summed E-state index contributed by atoms with van der Waals surface area (Å²) < 4.78 is 0. The molecule has 1 fully saturated rings. The number of hydrogen-bond donors (Lipinski definition) is 2. The van der Waals surface area contributed by atoms with Crippen LogP contribution >= 0.6 is 0 Å². The molecule has 4 nitrogen and oxygen atoms in total. The molecular formula is C14H25NO3. The minimum atomic E-state index is -0.731. The van der Waals surface area contributed by atoms with Crippen LogP contribution in [-0.2, 0) is 9.59 Å². The molecule has 0 spiro atoms. The molecule has 0 bridgehead atoms. The van der Waals surface area contributed by atoms with Crippen molar-refractivity contribution in [2.45, 2.75) is 64.8 Å². The van der Waals surface area contributed by atoms with Crippen LogP contribution in [0.1, 0.15) is 58.8 Å². The van der Waals surface area contributed by atoms with E-state index >= 15 is 0 Å². The van der Waals surface area contributed by atoms with E-state index < -0.39 is 5.97 Å². The molecule has 0 unspecified atom stereocenters. The van der Waals surface area contributed by atoms with Gasteiger partial charge in [0.05, 0.1) is 5.92 Å². The van der Waals surface area contributed by atoms with E-state index in [9.17, 15) is 9.59 Å². The van der Waals surface area contributed by atoms with Gasteiger partial charge in [-0.05, 0) is 32.1 Å². The first kappa shape index (κ1) is 15.0. The number of nitrogens with one attached hydrogen (secondary N) is 1. The Morgan fingerprint density at radius 3 is 2.28 bits per heavy atom. The number of carbonyl (C=O) groups excluding carboxylic acids is 1. The van der Waals surface area contributed by atoms with Gasteiger partial charge in [0.15, 0.2) is 0 Å². The standard InChI is InChI=1S/C14H25NO3/c1-3-5-10(6-4-2)13(16)15-12-8-7-11(9-12)14(17)18/h10-12H,3-9H2,1-2H3,(H,15,16)(H,17,18)/t11-,12+/m1/s1. The minimum absolute atomic E-state index is 0.0646. The molecule has 18 heavy (non-hydrogen) atoms. The molecule has 0 radical (unpaired) electrons. The van der Waals surface area contributed by atoms with E-state index in [2.05, 4.69) is 19.2 Å². The van der Waals surface area contributed by atoms with Crippen molar-refractivity contribution in [3.63, 3.8) is 0 Å². The minimum Gasteiger partial charge on any atom is -0.481 e. The number of hydrogen-bond acceptors (Lipinski definition) is 2. The van der Waals surface area contributed by atoms with Gasteiger partial charge in [-0.25, -0.2) is 0 Å². The van der Waals surface area contributed by atoms with Gasteiger partial charge >= 0.3 is 5.97 Å². The first-order valence-corrected chi connectivity index (χ1v) is 7.11. The highest BCUT2D eigenvalue weighted by Gasteiger charge is 2.31. The van der Waals surface area contributed by atoms with E-state index in [-0.39, 0.29) is 23.8 Å². The summed E-state index contributed by atoms with van der Waals surface area (Å²) in [5.74, 6) is -0.782. The monoisotopic (exact) mass is 255 g/mol. The average molecular weight is 255 g/mol. The molecule has 0 saturated heterocycles. The van der Waals surface area contributed by atoms with Crippen LogP contribution in [0.5, 0.6) is 0 Å². The molecular weight excluding hydrogens is 230 g/mol. The number of carboxylic acids is 1. The van der Waals surface area contributed by atoms with Crippen LogP contribution in [-0.4, -0.2) is 23.0 Å². The Morgan fingerprint density at radius 2 is 1.83 bits per heavy atom. The van der Waals surface area contributed by atoms with Crippen LogP contribution < -0.4 is 5.32 Å². The quantitative estimate of drug-likeness (QED) is 0.734. The maximum atomic E-state index is 12.1. The normalized spacial score (nSPS) is 23.3. The predicted molar refractivity (Wildman–Crippen MR) is 70.2 cm³/mol. The number of carboxylic acid groups (broad SMARTS) is 1. The highest BCUT2D eigenvalue weighted by molar-refractivity contribution is 5.79. The van der Waals surface area contributed by atoms with Crippen molar-refractivity contribution in [2.24, 2.45) is 11.8 Å². The lowest BCUT2D eigenvalue weighted by Gasteiger charge is -2.19. The van der Waals surface area contributed by atoms with Crippen LogP contribution in [0, 0.1) is 11.8 Å². The fourth-order valence-corrected chi connectivity index (χ4v) is 2.76. The van der Waals surface area contributed by atoms with E-state index in [1.165, 1.54) is 0 Å². The van der Waals surface area contributed by atoms with E-state index in [0.717, 1.165) is 32.1 Å². The molecule has 1 saturated carbocycles. The van der Waals surface area contributed by atoms with E-state index in [1.54, 1.807) is 0 Å². The summed E-state index contributed by atoms with van der Waals surface area (Å²) in [5, 5.41) is 12.0. The number of aliphatic carboxylic acids is 1. The van der Waals surface area contributed by atoms with Gasteiger partial charge in [-0.3, -0.25) is 9.59 Å².